The average Bonchev–Trinajstić information content (AvgIpc) is 2.51. The molecule has 1 fully saturated rings. The van der Waals surface area contributed by atoms with Gasteiger partial charge in [-0.25, -0.2) is 4.79 Å². The normalized spacial score (nSPS) is 20.4. The van der Waals surface area contributed by atoms with Crippen molar-refractivity contribution >= 4 is 5.97 Å². The lowest BCUT2D eigenvalue weighted by atomic mass is 10.1. The molecule has 5 heteroatoms. The predicted molar refractivity (Wildman–Crippen MR) is 81.2 cm³/mol. The number of benzene rings is 1. The van der Waals surface area contributed by atoms with Gasteiger partial charge in [-0.3, -0.25) is 4.90 Å². The van der Waals surface area contributed by atoms with Crippen LogP contribution in [0.5, 0.6) is 0 Å². The standard InChI is InChI=1S/C16H24N2O3/c1-17-8-9-18(12-15(17)7-10-19)11-13-3-5-14(6-4-13)16(20)21-2/h3-6,15,19H,7-12H2,1-2H3/t15-/m1/s1. The number of ether oxygens (including phenoxy) is 1. The van der Waals surface area contributed by atoms with Crippen molar-refractivity contribution in [3.63, 3.8) is 0 Å². The summed E-state index contributed by atoms with van der Waals surface area (Å²) >= 11 is 0. The number of rotatable bonds is 5. The van der Waals surface area contributed by atoms with Crippen LogP contribution in [-0.2, 0) is 11.3 Å². The van der Waals surface area contributed by atoms with E-state index in [0.29, 0.717) is 11.6 Å². The number of aliphatic hydroxyl groups excluding tert-OH is 1. The molecule has 116 valence electrons. The van der Waals surface area contributed by atoms with Crippen LogP contribution in [0.1, 0.15) is 22.3 Å². The van der Waals surface area contributed by atoms with Gasteiger partial charge in [0, 0.05) is 38.8 Å². The Balaban J connectivity index is 1.93. The van der Waals surface area contributed by atoms with Crippen LogP contribution in [0.2, 0.25) is 0 Å². The van der Waals surface area contributed by atoms with E-state index in [1.54, 1.807) is 0 Å². The second kappa shape index (κ2) is 7.54. The van der Waals surface area contributed by atoms with E-state index < -0.39 is 0 Å². The van der Waals surface area contributed by atoms with Gasteiger partial charge in [-0.15, -0.1) is 0 Å². The molecule has 0 saturated carbocycles. The van der Waals surface area contributed by atoms with Crippen molar-refractivity contribution in [2.45, 2.75) is 19.0 Å². The molecule has 0 bridgehead atoms. The van der Waals surface area contributed by atoms with Crippen molar-refractivity contribution < 1.29 is 14.6 Å². The van der Waals surface area contributed by atoms with Gasteiger partial charge in [0.15, 0.2) is 0 Å². The van der Waals surface area contributed by atoms with Crippen molar-refractivity contribution in [3.8, 4) is 0 Å². The lowest BCUT2D eigenvalue weighted by Crippen LogP contribution is -2.51. The Hall–Kier alpha value is -1.43. The zero-order valence-electron chi connectivity index (χ0n) is 12.8. The zero-order chi connectivity index (χ0) is 15.2. The minimum Gasteiger partial charge on any atom is -0.465 e. The third kappa shape index (κ3) is 4.27. The molecule has 0 radical (unpaired) electrons. The summed E-state index contributed by atoms with van der Waals surface area (Å²) in [4.78, 5) is 16.1. The number of methoxy groups -OCH3 is 1. The number of carbonyl (C=O) groups is 1. The second-order valence-corrected chi connectivity index (χ2v) is 5.57. The summed E-state index contributed by atoms with van der Waals surface area (Å²) in [5, 5.41) is 9.13. The first kappa shape index (κ1) is 15.9. The van der Waals surface area contributed by atoms with Crippen molar-refractivity contribution in [1.29, 1.82) is 0 Å². The van der Waals surface area contributed by atoms with Gasteiger partial charge in [-0.05, 0) is 31.2 Å². The quantitative estimate of drug-likeness (QED) is 0.820. The predicted octanol–water partition coefficient (Wildman–Crippen LogP) is 0.972. The lowest BCUT2D eigenvalue weighted by Gasteiger charge is -2.39. The van der Waals surface area contributed by atoms with E-state index in [-0.39, 0.29) is 12.6 Å². The van der Waals surface area contributed by atoms with Crippen LogP contribution in [0.15, 0.2) is 24.3 Å². The molecular formula is C16H24N2O3. The monoisotopic (exact) mass is 292 g/mol. The van der Waals surface area contributed by atoms with Gasteiger partial charge in [0.05, 0.1) is 12.7 Å². The van der Waals surface area contributed by atoms with Gasteiger partial charge >= 0.3 is 5.97 Å². The van der Waals surface area contributed by atoms with Gasteiger partial charge in [0.2, 0.25) is 0 Å². The van der Waals surface area contributed by atoms with Gasteiger partial charge in [-0.1, -0.05) is 12.1 Å². The van der Waals surface area contributed by atoms with E-state index in [1.807, 2.05) is 24.3 Å². The maximum atomic E-state index is 11.4. The number of hydrogen-bond acceptors (Lipinski definition) is 5. The van der Waals surface area contributed by atoms with E-state index in [4.69, 9.17) is 9.84 Å². The summed E-state index contributed by atoms with van der Waals surface area (Å²) < 4.78 is 4.70. The molecule has 0 aliphatic carbocycles. The van der Waals surface area contributed by atoms with E-state index >= 15 is 0 Å². The molecule has 5 nitrogen and oxygen atoms in total. The molecule has 1 aliphatic heterocycles. The van der Waals surface area contributed by atoms with Crippen LogP contribution in [0.3, 0.4) is 0 Å². The summed E-state index contributed by atoms with van der Waals surface area (Å²) in [6, 6.07) is 7.99. The second-order valence-electron chi connectivity index (χ2n) is 5.57. The van der Waals surface area contributed by atoms with Crippen LogP contribution < -0.4 is 0 Å². The Bertz CT molecular complexity index is 461. The molecule has 1 aromatic rings. The van der Waals surface area contributed by atoms with E-state index in [0.717, 1.165) is 32.6 Å². The number of carbonyl (C=O) groups excluding carboxylic acids is 1. The number of piperazine rings is 1. The summed E-state index contributed by atoms with van der Waals surface area (Å²) in [5.41, 5.74) is 1.77. The molecule has 1 aromatic carbocycles. The third-order valence-electron chi connectivity index (χ3n) is 4.10. The Morgan fingerprint density at radius 3 is 2.67 bits per heavy atom. The number of hydrogen-bond donors (Lipinski definition) is 1. The Labute approximate surface area is 126 Å². The van der Waals surface area contributed by atoms with Gasteiger partial charge in [0.1, 0.15) is 0 Å². The minimum atomic E-state index is -0.302. The largest absolute Gasteiger partial charge is 0.465 e. The maximum absolute atomic E-state index is 11.4. The average molecular weight is 292 g/mol. The summed E-state index contributed by atoms with van der Waals surface area (Å²) in [7, 11) is 3.50. The topological polar surface area (TPSA) is 53.0 Å². The summed E-state index contributed by atoms with van der Waals surface area (Å²) in [5.74, 6) is -0.302. The molecule has 1 heterocycles. The first-order valence-corrected chi connectivity index (χ1v) is 7.34. The molecule has 21 heavy (non-hydrogen) atoms. The van der Waals surface area contributed by atoms with Gasteiger partial charge in [0.25, 0.3) is 0 Å². The number of aliphatic hydroxyl groups is 1. The highest BCUT2D eigenvalue weighted by Gasteiger charge is 2.23. The van der Waals surface area contributed by atoms with E-state index in [9.17, 15) is 4.79 Å². The molecule has 0 spiro atoms. The smallest absolute Gasteiger partial charge is 0.337 e. The molecule has 0 aromatic heterocycles. The zero-order valence-corrected chi connectivity index (χ0v) is 12.8. The molecule has 0 amide bonds. The Kier molecular flexibility index (Phi) is 5.73. The molecular weight excluding hydrogens is 268 g/mol. The molecule has 1 atom stereocenters. The van der Waals surface area contributed by atoms with Crippen LogP contribution in [0, 0.1) is 0 Å². The molecule has 1 saturated heterocycles. The maximum Gasteiger partial charge on any atom is 0.337 e. The highest BCUT2D eigenvalue weighted by Crippen LogP contribution is 2.14. The van der Waals surface area contributed by atoms with Gasteiger partial charge < -0.3 is 14.7 Å². The molecule has 0 unspecified atom stereocenters. The first-order valence-electron chi connectivity index (χ1n) is 7.34. The highest BCUT2D eigenvalue weighted by molar-refractivity contribution is 5.89. The Morgan fingerprint density at radius 1 is 1.33 bits per heavy atom. The van der Waals surface area contributed by atoms with Crippen molar-refractivity contribution in [3.05, 3.63) is 35.4 Å². The van der Waals surface area contributed by atoms with Gasteiger partial charge in [-0.2, -0.15) is 0 Å². The third-order valence-corrected chi connectivity index (χ3v) is 4.10. The summed E-state index contributed by atoms with van der Waals surface area (Å²) in [6.07, 6.45) is 0.814. The van der Waals surface area contributed by atoms with Crippen LogP contribution in [0.25, 0.3) is 0 Å². The Morgan fingerprint density at radius 2 is 2.05 bits per heavy atom. The molecule has 2 rings (SSSR count). The van der Waals surface area contributed by atoms with Crippen molar-refractivity contribution in [2.24, 2.45) is 0 Å². The minimum absolute atomic E-state index is 0.233. The number of nitrogens with zero attached hydrogens (tertiary/aromatic N) is 2. The van der Waals surface area contributed by atoms with Crippen molar-refractivity contribution in [2.75, 3.05) is 40.4 Å². The van der Waals surface area contributed by atoms with E-state index in [1.165, 1.54) is 12.7 Å². The van der Waals surface area contributed by atoms with E-state index in [2.05, 4.69) is 16.8 Å². The van der Waals surface area contributed by atoms with Crippen LogP contribution in [-0.4, -0.2) is 67.3 Å². The number of likely N-dealkylation sites (N-methyl/N-ethyl adjacent to an activating group) is 1. The molecule has 1 N–H and O–H groups in total. The summed E-state index contributed by atoms with van der Waals surface area (Å²) in [6.45, 7) is 4.12. The number of esters is 1. The van der Waals surface area contributed by atoms with Crippen LogP contribution in [0.4, 0.5) is 0 Å². The lowest BCUT2D eigenvalue weighted by molar-refractivity contribution is 0.0600. The fraction of sp³-hybridized carbons (Fsp3) is 0.562. The SMILES string of the molecule is COC(=O)c1ccc(CN2CCN(C)[C@H](CCO)C2)cc1. The highest BCUT2D eigenvalue weighted by atomic mass is 16.5. The van der Waals surface area contributed by atoms with Crippen LogP contribution >= 0.6 is 0 Å². The van der Waals surface area contributed by atoms with Crippen molar-refractivity contribution in [1.82, 2.24) is 9.80 Å². The fourth-order valence-corrected chi connectivity index (χ4v) is 2.74. The first-order chi connectivity index (χ1) is 10.1. The molecule has 1 aliphatic rings. The fourth-order valence-electron chi connectivity index (χ4n) is 2.74.